The number of piperidine rings is 1. The predicted octanol–water partition coefficient (Wildman–Crippen LogP) is 4.17. The standard InChI is InChI=1S/C19H27N3O/c1-3-4-7-15-10-11-22(13-16(15)12-14(2)23)19-20-17-8-5-6-9-18(17)21-19/h5-6,8-9,15-16H,3-4,7,10-13H2,1-2H3,(H,20,21). The molecule has 23 heavy (non-hydrogen) atoms. The molecule has 1 N–H and O–H groups in total. The normalized spacial score (nSPS) is 21.7. The molecule has 1 aromatic heterocycles. The van der Waals surface area contributed by atoms with E-state index in [2.05, 4.69) is 22.9 Å². The van der Waals surface area contributed by atoms with Crippen molar-refractivity contribution < 1.29 is 4.79 Å². The zero-order chi connectivity index (χ0) is 16.2. The minimum atomic E-state index is 0.308. The predicted molar refractivity (Wildman–Crippen MR) is 94.7 cm³/mol. The molecule has 4 nitrogen and oxygen atoms in total. The van der Waals surface area contributed by atoms with Crippen molar-refractivity contribution in [3.05, 3.63) is 24.3 Å². The molecule has 1 aromatic carbocycles. The molecule has 0 spiro atoms. The zero-order valence-electron chi connectivity index (χ0n) is 14.2. The summed E-state index contributed by atoms with van der Waals surface area (Å²) in [5, 5.41) is 0. The van der Waals surface area contributed by atoms with Crippen LogP contribution in [-0.2, 0) is 4.79 Å². The van der Waals surface area contributed by atoms with Gasteiger partial charge in [0.25, 0.3) is 0 Å². The number of hydrogen-bond acceptors (Lipinski definition) is 3. The summed E-state index contributed by atoms with van der Waals surface area (Å²) < 4.78 is 0. The van der Waals surface area contributed by atoms with Crippen LogP contribution in [0, 0.1) is 11.8 Å². The Morgan fingerprint density at radius 3 is 2.91 bits per heavy atom. The van der Waals surface area contributed by atoms with Crippen LogP contribution in [0.4, 0.5) is 5.95 Å². The first-order chi connectivity index (χ1) is 11.2. The van der Waals surface area contributed by atoms with Gasteiger partial charge >= 0.3 is 0 Å². The number of benzene rings is 1. The number of H-pyrrole nitrogens is 1. The van der Waals surface area contributed by atoms with Crippen molar-refractivity contribution in [3.63, 3.8) is 0 Å². The number of anilines is 1. The molecule has 0 bridgehead atoms. The van der Waals surface area contributed by atoms with Gasteiger partial charge in [0.15, 0.2) is 0 Å². The van der Waals surface area contributed by atoms with Crippen molar-refractivity contribution in [3.8, 4) is 0 Å². The summed E-state index contributed by atoms with van der Waals surface area (Å²) in [6, 6.07) is 8.14. The summed E-state index contributed by atoms with van der Waals surface area (Å²) in [5.74, 6) is 2.40. The minimum absolute atomic E-state index is 0.308. The van der Waals surface area contributed by atoms with Gasteiger partial charge in [-0.2, -0.15) is 0 Å². The second kappa shape index (κ2) is 7.16. The summed E-state index contributed by atoms with van der Waals surface area (Å²) in [7, 11) is 0. The second-order valence-corrected chi connectivity index (χ2v) is 6.88. The highest BCUT2D eigenvalue weighted by molar-refractivity contribution is 5.77. The van der Waals surface area contributed by atoms with E-state index >= 15 is 0 Å². The number of imidazole rings is 1. The summed E-state index contributed by atoms with van der Waals surface area (Å²) in [6.07, 6.45) is 5.61. The average Bonchev–Trinajstić information content (AvgIpc) is 2.97. The first-order valence-corrected chi connectivity index (χ1v) is 8.86. The molecule has 4 heteroatoms. The van der Waals surface area contributed by atoms with Gasteiger partial charge in [0.2, 0.25) is 5.95 Å². The molecule has 0 amide bonds. The summed E-state index contributed by atoms with van der Waals surface area (Å²) in [4.78, 5) is 22.2. The van der Waals surface area contributed by atoms with Crippen LogP contribution in [0.3, 0.4) is 0 Å². The molecule has 124 valence electrons. The smallest absolute Gasteiger partial charge is 0.203 e. The van der Waals surface area contributed by atoms with Crippen LogP contribution in [0.5, 0.6) is 0 Å². The topological polar surface area (TPSA) is 49.0 Å². The average molecular weight is 313 g/mol. The van der Waals surface area contributed by atoms with E-state index in [1.807, 2.05) is 18.2 Å². The Hall–Kier alpha value is -1.84. The number of aromatic amines is 1. The highest BCUT2D eigenvalue weighted by Gasteiger charge is 2.30. The Kier molecular flexibility index (Phi) is 4.99. The van der Waals surface area contributed by atoms with Gasteiger partial charge in [0.05, 0.1) is 11.0 Å². The number of nitrogens with one attached hydrogen (secondary N) is 1. The van der Waals surface area contributed by atoms with Crippen LogP contribution < -0.4 is 4.90 Å². The van der Waals surface area contributed by atoms with Crippen molar-refractivity contribution in [2.45, 2.75) is 46.0 Å². The van der Waals surface area contributed by atoms with Gasteiger partial charge in [-0.25, -0.2) is 4.98 Å². The lowest BCUT2D eigenvalue weighted by molar-refractivity contribution is -0.118. The van der Waals surface area contributed by atoms with Gasteiger partial charge in [-0.1, -0.05) is 38.3 Å². The Labute approximate surface area is 138 Å². The summed E-state index contributed by atoms with van der Waals surface area (Å²) in [5.41, 5.74) is 2.09. The maximum Gasteiger partial charge on any atom is 0.203 e. The number of Topliss-reactive ketones (excluding diaryl/α,β-unsaturated/α-hetero) is 1. The van der Waals surface area contributed by atoms with E-state index < -0.39 is 0 Å². The van der Waals surface area contributed by atoms with Crippen molar-refractivity contribution >= 4 is 22.8 Å². The number of unbranched alkanes of at least 4 members (excludes halogenated alkanes) is 1. The fourth-order valence-electron chi connectivity index (χ4n) is 3.81. The third-order valence-electron chi connectivity index (χ3n) is 5.05. The lowest BCUT2D eigenvalue weighted by Gasteiger charge is -2.38. The Balaban J connectivity index is 1.75. The molecule has 0 saturated carbocycles. The number of nitrogens with zero attached hydrogens (tertiary/aromatic N) is 2. The molecule has 0 radical (unpaired) electrons. The van der Waals surface area contributed by atoms with Crippen molar-refractivity contribution in [2.75, 3.05) is 18.0 Å². The van der Waals surface area contributed by atoms with E-state index in [1.165, 1.54) is 19.3 Å². The van der Waals surface area contributed by atoms with Crippen molar-refractivity contribution in [1.82, 2.24) is 9.97 Å². The molecule has 3 rings (SSSR count). The van der Waals surface area contributed by atoms with Crippen LogP contribution in [0.2, 0.25) is 0 Å². The first-order valence-electron chi connectivity index (χ1n) is 8.86. The van der Waals surface area contributed by atoms with Crippen LogP contribution in [0.1, 0.15) is 46.0 Å². The number of carbonyl (C=O) groups is 1. The van der Waals surface area contributed by atoms with E-state index in [0.717, 1.165) is 36.5 Å². The highest BCUT2D eigenvalue weighted by Crippen LogP contribution is 2.32. The number of fused-ring (bicyclic) bond motifs is 1. The van der Waals surface area contributed by atoms with E-state index in [9.17, 15) is 4.79 Å². The van der Waals surface area contributed by atoms with Gasteiger partial charge in [0, 0.05) is 19.5 Å². The minimum Gasteiger partial charge on any atom is -0.342 e. The molecule has 1 aliphatic heterocycles. The zero-order valence-corrected chi connectivity index (χ0v) is 14.2. The van der Waals surface area contributed by atoms with Crippen LogP contribution in [0.25, 0.3) is 11.0 Å². The van der Waals surface area contributed by atoms with E-state index in [1.54, 1.807) is 6.92 Å². The van der Waals surface area contributed by atoms with E-state index in [4.69, 9.17) is 4.98 Å². The number of carbonyl (C=O) groups excluding carboxylic acids is 1. The van der Waals surface area contributed by atoms with Gasteiger partial charge in [-0.15, -0.1) is 0 Å². The van der Waals surface area contributed by atoms with Crippen molar-refractivity contribution in [2.24, 2.45) is 11.8 Å². The molecule has 1 saturated heterocycles. The number of ketones is 1. The Morgan fingerprint density at radius 2 is 2.17 bits per heavy atom. The Bertz CT molecular complexity index is 630. The largest absolute Gasteiger partial charge is 0.342 e. The molecule has 2 heterocycles. The second-order valence-electron chi connectivity index (χ2n) is 6.88. The summed E-state index contributed by atoms with van der Waals surface area (Å²) in [6.45, 7) is 5.93. The maximum absolute atomic E-state index is 11.7. The third kappa shape index (κ3) is 3.74. The number of para-hydroxylation sites is 2. The molecule has 2 atom stereocenters. The van der Waals surface area contributed by atoms with Gasteiger partial charge in [-0.3, -0.25) is 0 Å². The first kappa shape index (κ1) is 16.0. The fourth-order valence-corrected chi connectivity index (χ4v) is 3.81. The third-order valence-corrected chi connectivity index (χ3v) is 5.05. The SMILES string of the molecule is CCCCC1CCN(c2nc3ccccc3[nH]2)CC1CC(C)=O. The van der Waals surface area contributed by atoms with Gasteiger partial charge in [-0.05, 0) is 37.3 Å². The van der Waals surface area contributed by atoms with Gasteiger partial charge in [0.1, 0.15) is 5.78 Å². The van der Waals surface area contributed by atoms with Crippen LogP contribution in [0.15, 0.2) is 24.3 Å². The van der Waals surface area contributed by atoms with Crippen LogP contribution in [-0.4, -0.2) is 28.8 Å². The molecular formula is C19H27N3O. The number of rotatable bonds is 6. The molecule has 2 aromatic rings. The number of aromatic nitrogens is 2. The molecule has 0 aliphatic carbocycles. The summed E-state index contributed by atoms with van der Waals surface area (Å²) >= 11 is 0. The highest BCUT2D eigenvalue weighted by atomic mass is 16.1. The van der Waals surface area contributed by atoms with Crippen LogP contribution >= 0.6 is 0 Å². The number of hydrogen-bond donors (Lipinski definition) is 1. The lowest BCUT2D eigenvalue weighted by Crippen LogP contribution is -2.41. The molecule has 2 unspecified atom stereocenters. The Morgan fingerprint density at radius 1 is 1.35 bits per heavy atom. The van der Waals surface area contributed by atoms with E-state index in [-0.39, 0.29) is 0 Å². The molecule has 1 aliphatic rings. The molecule has 1 fully saturated rings. The van der Waals surface area contributed by atoms with Crippen molar-refractivity contribution in [1.29, 1.82) is 0 Å². The van der Waals surface area contributed by atoms with Gasteiger partial charge < -0.3 is 14.7 Å². The monoisotopic (exact) mass is 313 g/mol. The van der Waals surface area contributed by atoms with E-state index in [0.29, 0.717) is 24.0 Å². The maximum atomic E-state index is 11.7. The quantitative estimate of drug-likeness (QED) is 0.870. The molecular weight excluding hydrogens is 286 g/mol. The lowest BCUT2D eigenvalue weighted by atomic mass is 9.79. The fraction of sp³-hybridized carbons (Fsp3) is 0.579.